The van der Waals surface area contributed by atoms with Crippen molar-refractivity contribution in [3.8, 4) is 0 Å². The number of carbonyl (C=O) groups is 1. The number of amides is 2. The molecule has 0 aliphatic carbocycles. The highest BCUT2D eigenvalue weighted by atomic mass is 35.5. The summed E-state index contributed by atoms with van der Waals surface area (Å²) in [4.78, 5) is 14.6. The van der Waals surface area contributed by atoms with Gasteiger partial charge >= 0.3 is 6.03 Å². The number of carbonyl (C=O) groups excluding carboxylic acids is 1. The highest BCUT2D eigenvalue weighted by Crippen LogP contribution is 2.21. The van der Waals surface area contributed by atoms with Crippen LogP contribution in [0.15, 0.2) is 40.8 Å². The zero-order chi connectivity index (χ0) is 16.9. The first-order valence-electron chi connectivity index (χ1n) is 8.08. The van der Waals surface area contributed by atoms with Crippen molar-refractivity contribution in [1.82, 2.24) is 4.90 Å². The zero-order valence-electron chi connectivity index (χ0n) is 13.6. The molecule has 2 heterocycles. The van der Waals surface area contributed by atoms with Crippen LogP contribution in [0.3, 0.4) is 0 Å². The van der Waals surface area contributed by atoms with E-state index in [1.165, 1.54) is 0 Å². The van der Waals surface area contributed by atoms with Gasteiger partial charge in [0, 0.05) is 30.0 Å². The van der Waals surface area contributed by atoms with E-state index >= 15 is 0 Å². The lowest BCUT2D eigenvalue weighted by Gasteiger charge is -2.33. The quantitative estimate of drug-likeness (QED) is 0.887. The van der Waals surface area contributed by atoms with Crippen molar-refractivity contribution in [2.24, 2.45) is 0 Å². The van der Waals surface area contributed by atoms with Crippen molar-refractivity contribution in [2.75, 3.05) is 18.5 Å². The van der Waals surface area contributed by atoms with Crippen molar-refractivity contribution < 1.29 is 13.9 Å². The number of halogens is 1. The van der Waals surface area contributed by atoms with Gasteiger partial charge in [0.1, 0.15) is 11.5 Å². The van der Waals surface area contributed by atoms with E-state index in [2.05, 4.69) is 5.32 Å². The van der Waals surface area contributed by atoms with Gasteiger partial charge in [-0.25, -0.2) is 4.79 Å². The molecule has 1 aliphatic heterocycles. The molecule has 3 rings (SSSR count). The van der Waals surface area contributed by atoms with E-state index in [0.717, 1.165) is 30.0 Å². The Bertz CT molecular complexity index is 678. The number of furan rings is 1. The summed E-state index contributed by atoms with van der Waals surface area (Å²) < 4.78 is 11.1. The monoisotopic (exact) mass is 348 g/mol. The van der Waals surface area contributed by atoms with Crippen LogP contribution in [0.2, 0.25) is 5.02 Å². The Morgan fingerprint density at radius 3 is 2.54 bits per heavy atom. The molecule has 2 amide bonds. The summed E-state index contributed by atoms with van der Waals surface area (Å²) in [5, 5.41) is 3.58. The number of nitrogens with zero attached hydrogens (tertiary/aromatic N) is 1. The van der Waals surface area contributed by atoms with E-state index in [0.29, 0.717) is 24.8 Å². The van der Waals surface area contributed by atoms with Crippen LogP contribution < -0.4 is 5.32 Å². The predicted octanol–water partition coefficient (Wildman–Crippen LogP) is 4.45. The molecule has 1 fully saturated rings. The van der Waals surface area contributed by atoms with Crippen LogP contribution in [0.25, 0.3) is 0 Å². The maximum Gasteiger partial charge on any atom is 0.322 e. The number of benzene rings is 1. The minimum absolute atomic E-state index is 0.136. The number of anilines is 1. The number of ether oxygens (including phenoxy) is 1. The Morgan fingerprint density at radius 1 is 1.21 bits per heavy atom. The van der Waals surface area contributed by atoms with E-state index < -0.39 is 0 Å². The summed E-state index contributed by atoms with van der Waals surface area (Å²) >= 11 is 5.89. The smallest absolute Gasteiger partial charge is 0.322 e. The first-order valence-corrected chi connectivity index (χ1v) is 8.46. The third-order valence-corrected chi connectivity index (χ3v) is 4.36. The summed E-state index contributed by atoms with van der Waals surface area (Å²) in [5.41, 5.74) is 0.720. The summed E-state index contributed by atoms with van der Waals surface area (Å²) in [6.45, 7) is 3.69. The lowest BCUT2D eigenvalue weighted by Crippen LogP contribution is -2.45. The van der Waals surface area contributed by atoms with Crippen molar-refractivity contribution in [3.05, 3.63) is 52.9 Å². The molecule has 5 nitrogen and oxygen atoms in total. The number of urea groups is 1. The molecule has 0 spiro atoms. The largest absolute Gasteiger partial charge is 0.464 e. The van der Waals surface area contributed by atoms with Crippen LogP contribution in [-0.2, 0) is 11.3 Å². The second-order valence-corrected chi connectivity index (χ2v) is 6.36. The summed E-state index contributed by atoms with van der Waals surface area (Å²) in [6.07, 6.45) is 1.65. The molecule has 0 atom stereocenters. The Hall–Kier alpha value is -1.98. The van der Waals surface area contributed by atoms with Crippen LogP contribution in [0.4, 0.5) is 10.5 Å². The predicted molar refractivity (Wildman–Crippen MR) is 93.3 cm³/mol. The van der Waals surface area contributed by atoms with Gasteiger partial charge in [-0.3, -0.25) is 0 Å². The van der Waals surface area contributed by atoms with Crippen molar-refractivity contribution in [3.63, 3.8) is 0 Å². The summed E-state index contributed by atoms with van der Waals surface area (Å²) in [6, 6.07) is 10.9. The Kier molecular flexibility index (Phi) is 5.43. The molecule has 0 unspecified atom stereocenters. The third kappa shape index (κ3) is 4.30. The first kappa shape index (κ1) is 16.9. The van der Waals surface area contributed by atoms with E-state index in [-0.39, 0.29) is 12.1 Å². The van der Waals surface area contributed by atoms with Crippen LogP contribution in [-0.4, -0.2) is 30.2 Å². The number of hydrogen-bond acceptors (Lipinski definition) is 3. The van der Waals surface area contributed by atoms with Crippen molar-refractivity contribution in [2.45, 2.75) is 32.4 Å². The van der Waals surface area contributed by atoms with Crippen LogP contribution in [0.1, 0.15) is 24.4 Å². The van der Waals surface area contributed by atoms with Crippen molar-refractivity contribution in [1.29, 1.82) is 0 Å². The molecule has 128 valence electrons. The second kappa shape index (κ2) is 7.73. The molecule has 0 saturated carbocycles. The first-order chi connectivity index (χ1) is 11.6. The maximum atomic E-state index is 12.8. The van der Waals surface area contributed by atoms with Crippen LogP contribution in [0, 0.1) is 6.92 Å². The lowest BCUT2D eigenvalue weighted by molar-refractivity contribution is 0.0442. The molecular weight excluding hydrogens is 328 g/mol. The third-order valence-electron chi connectivity index (χ3n) is 4.11. The van der Waals surface area contributed by atoms with E-state index in [9.17, 15) is 4.79 Å². The highest BCUT2D eigenvalue weighted by Gasteiger charge is 2.27. The summed E-state index contributed by atoms with van der Waals surface area (Å²) in [5.74, 6) is 1.63. The van der Waals surface area contributed by atoms with Crippen LogP contribution >= 0.6 is 11.6 Å². The minimum Gasteiger partial charge on any atom is -0.464 e. The molecule has 0 bridgehead atoms. The standard InChI is InChI=1S/C18H21ClN2O3/c1-13-2-7-17(24-13)12-21(16-8-10-23-11-9-16)18(22)20-15-5-3-14(19)4-6-15/h2-7,16H,8-12H2,1H3,(H,20,22). The fourth-order valence-electron chi connectivity index (χ4n) is 2.83. The molecule has 1 aromatic carbocycles. The maximum absolute atomic E-state index is 12.8. The fourth-order valence-corrected chi connectivity index (χ4v) is 2.96. The van der Waals surface area contributed by atoms with Gasteiger partial charge in [-0.05, 0) is 56.2 Å². The van der Waals surface area contributed by atoms with Gasteiger partial charge < -0.3 is 19.4 Å². The van der Waals surface area contributed by atoms with E-state index in [1.807, 2.05) is 24.0 Å². The van der Waals surface area contributed by atoms with Gasteiger partial charge in [-0.1, -0.05) is 11.6 Å². The summed E-state index contributed by atoms with van der Waals surface area (Å²) in [7, 11) is 0. The number of hydrogen-bond donors (Lipinski definition) is 1. The van der Waals surface area contributed by atoms with Crippen molar-refractivity contribution >= 4 is 23.3 Å². The topological polar surface area (TPSA) is 54.7 Å². The average Bonchev–Trinajstić information content (AvgIpc) is 3.00. The number of aryl methyl sites for hydroxylation is 1. The molecule has 1 N–H and O–H groups in total. The molecule has 0 radical (unpaired) electrons. The number of rotatable bonds is 4. The van der Waals surface area contributed by atoms with Gasteiger partial charge in [-0.15, -0.1) is 0 Å². The molecule has 1 aromatic heterocycles. The molecule has 24 heavy (non-hydrogen) atoms. The SMILES string of the molecule is Cc1ccc(CN(C(=O)Nc2ccc(Cl)cc2)C2CCOCC2)o1. The average molecular weight is 349 g/mol. The van der Waals surface area contributed by atoms with Gasteiger partial charge in [0.05, 0.1) is 6.54 Å². The molecule has 2 aromatic rings. The molecule has 1 aliphatic rings. The molecule has 1 saturated heterocycles. The minimum atomic E-state index is -0.140. The Balaban J connectivity index is 1.74. The van der Waals surface area contributed by atoms with Gasteiger partial charge in [0.2, 0.25) is 0 Å². The zero-order valence-corrected chi connectivity index (χ0v) is 14.4. The van der Waals surface area contributed by atoms with Gasteiger partial charge in [-0.2, -0.15) is 0 Å². The fraction of sp³-hybridized carbons (Fsp3) is 0.389. The van der Waals surface area contributed by atoms with E-state index in [1.54, 1.807) is 24.3 Å². The van der Waals surface area contributed by atoms with Crippen LogP contribution in [0.5, 0.6) is 0 Å². The number of nitrogens with one attached hydrogen (secondary N) is 1. The normalized spacial score (nSPS) is 15.2. The second-order valence-electron chi connectivity index (χ2n) is 5.92. The Morgan fingerprint density at radius 2 is 1.92 bits per heavy atom. The molecule has 6 heteroatoms. The van der Waals surface area contributed by atoms with E-state index in [4.69, 9.17) is 20.8 Å². The highest BCUT2D eigenvalue weighted by molar-refractivity contribution is 6.30. The van der Waals surface area contributed by atoms with Gasteiger partial charge in [0.25, 0.3) is 0 Å². The lowest BCUT2D eigenvalue weighted by atomic mass is 10.1. The van der Waals surface area contributed by atoms with Gasteiger partial charge in [0.15, 0.2) is 0 Å². The Labute approximate surface area is 146 Å². The molecular formula is C18H21ClN2O3.